The Bertz CT molecular complexity index is 736. The van der Waals surface area contributed by atoms with Gasteiger partial charge in [-0.05, 0) is 33.6 Å². The molecule has 9 heteroatoms. The van der Waals surface area contributed by atoms with Crippen molar-refractivity contribution in [2.24, 2.45) is 12.2 Å². The normalized spacial score (nSPS) is 25.5. The van der Waals surface area contributed by atoms with Gasteiger partial charge in [0.25, 0.3) is 5.91 Å². The number of imidazole rings is 1. The lowest BCUT2D eigenvalue weighted by molar-refractivity contribution is -0.146. The van der Waals surface area contributed by atoms with Crippen molar-refractivity contribution in [2.75, 3.05) is 6.61 Å². The standard InChI is InChI=1S/C18H26N4O5/c1-18(2,3)26-17(24)12-8-15(27-21-12)16(23)20-11-5-6-25-14(7-11)13-9-19-10-22(13)4/h9-11,14-15H,5-8H2,1-4H3,(H,20,23)/t11-,14+,15-/m1/s1. The van der Waals surface area contributed by atoms with E-state index in [4.69, 9.17) is 14.3 Å². The van der Waals surface area contributed by atoms with Crippen LogP contribution in [0.25, 0.3) is 0 Å². The summed E-state index contributed by atoms with van der Waals surface area (Å²) in [6.07, 6.45) is 4.04. The van der Waals surface area contributed by atoms with Gasteiger partial charge >= 0.3 is 5.97 Å². The second-order valence-corrected chi connectivity index (χ2v) is 7.86. The van der Waals surface area contributed by atoms with Crippen molar-refractivity contribution < 1.29 is 23.9 Å². The molecule has 2 aliphatic rings. The first-order valence-electron chi connectivity index (χ1n) is 9.07. The number of hydrogen-bond donors (Lipinski definition) is 1. The molecule has 3 heterocycles. The molecule has 9 nitrogen and oxygen atoms in total. The number of esters is 1. The molecule has 148 valence electrons. The van der Waals surface area contributed by atoms with Gasteiger partial charge in [0.05, 0.1) is 18.2 Å². The molecule has 0 radical (unpaired) electrons. The second kappa shape index (κ2) is 7.67. The molecule has 1 amide bonds. The van der Waals surface area contributed by atoms with Crippen LogP contribution >= 0.6 is 0 Å². The Morgan fingerprint density at radius 1 is 1.37 bits per heavy atom. The number of nitrogens with one attached hydrogen (secondary N) is 1. The highest BCUT2D eigenvalue weighted by atomic mass is 16.7. The molecule has 1 N–H and O–H groups in total. The second-order valence-electron chi connectivity index (χ2n) is 7.86. The molecule has 0 spiro atoms. The Labute approximate surface area is 158 Å². The first kappa shape index (κ1) is 19.3. The zero-order valence-corrected chi connectivity index (χ0v) is 16.1. The summed E-state index contributed by atoms with van der Waals surface area (Å²) in [5.41, 5.74) is 0.481. The lowest BCUT2D eigenvalue weighted by atomic mass is 10.0. The van der Waals surface area contributed by atoms with Crippen LogP contribution in [0.2, 0.25) is 0 Å². The number of carbonyl (C=O) groups is 2. The van der Waals surface area contributed by atoms with Crippen LogP contribution in [0.1, 0.15) is 51.8 Å². The predicted molar refractivity (Wildman–Crippen MR) is 95.8 cm³/mol. The minimum absolute atomic E-state index is 0.0414. The fourth-order valence-corrected chi connectivity index (χ4v) is 3.08. The number of oxime groups is 1. The van der Waals surface area contributed by atoms with Gasteiger partial charge in [0.2, 0.25) is 6.10 Å². The van der Waals surface area contributed by atoms with E-state index in [0.29, 0.717) is 19.4 Å². The van der Waals surface area contributed by atoms with Gasteiger partial charge in [-0.25, -0.2) is 9.78 Å². The molecule has 3 rings (SSSR count). The molecule has 2 aliphatic heterocycles. The Hall–Kier alpha value is -2.42. The van der Waals surface area contributed by atoms with E-state index in [1.165, 1.54) is 0 Å². The third kappa shape index (κ3) is 4.85. The number of aryl methyl sites for hydroxylation is 1. The van der Waals surface area contributed by atoms with Crippen LogP contribution in [0.3, 0.4) is 0 Å². The van der Waals surface area contributed by atoms with E-state index in [-0.39, 0.29) is 30.2 Å². The molecule has 1 fully saturated rings. The highest BCUT2D eigenvalue weighted by Gasteiger charge is 2.36. The minimum Gasteiger partial charge on any atom is -0.455 e. The van der Waals surface area contributed by atoms with E-state index in [1.54, 1.807) is 33.3 Å². The summed E-state index contributed by atoms with van der Waals surface area (Å²) < 4.78 is 13.0. The number of amides is 1. The third-order valence-corrected chi connectivity index (χ3v) is 4.41. The summed E-state index contributed by atoms with van der Waals surface area (Å²) in [6, 6.07) is -0.0414. The maximum atomic E-state index is 12.5. The molecule has 3 atom stereocenters. The number of aromatic nitrogens is 2. The number of carbonyl (C=O) groups excluding carboxylic acids is 2. The van der Waals surface area contributed by atoms with Gasteiger partial charge in [0, 0.05) is 26.1 Å². The van der Waals surface area contributed by atoms with E-state index in [1.807, 2.05) is 11.6 Å². The van der Waals surface area contributed by atoms with Crippen molar-refractivity contribution in [1.29, 1.82) is 0 Å². The summed E-state index contributed by atoms with van der Waals surface area (Å²) in [5, 5.41) is 6.71. The van der Waals surface area contributed by atoms with E-state index in [0.717, 1.165) is 5.69 Å². The number of nitrogens with zero attached hydrogens (tertiary/aromatic N) is 3. The third-order valence-electron chi connectivity index (χ3n) is 4.41. The molecule has 0 bridgehead atoms. The van der Waals surface area contributed by atoms with Crippen molar-refractivity contribution in [3.8, 4) is 0 Å². The van der Waals surface area contributed by atoms with Gasteiger partial charge < -0.3 is 24.2 Å². The first-order chi connectivity index (χ1) is 12.7. The average Bonchev–Trinajstić information content (AvgIpc) is 3.22. The van der Waals surface area contributed by atoms with Crippen LogP contribution in [-0.2, 0) is 30.9 Å². The quantitative estimate of drug-likeness (QED) is 0.791. The summed E-state index contributed by atoms with van der Waals surface area (Å²) >= 11 is 0. The summed E-state index contributed by atoms with van der Waals surface area (Å²) in [5.74, 6) is -0.840. The molecular weight excluding hydrogens is 352 g/mol. The lowest BCUT2D eigenvalue weighted by Crippen LogP contribution is -2.45. The van der Waals surface area contributed by atoms with Crippen LogP contribution in [0, 0.1) is 0 Å². The maximum Gasteiger partial charge on any atom is 0.356 e. The largest absolute Gasteiger partial charge is 0.455 e. The van der Waals surface area contributed by atoms with Crippen molar-refractivity contribution in [3.05, 3.63) is 18.2 Å². The van der Waals surface area contributed by atoms with Gasteiger partial charge in [-0.15, -0.1) is 0 Å². The zero-order chi connectivity index (χ0) is 19.6. The van der Waals surface area contributed by atoms with Gasteiger partial charge in [-0.1, -0.05) is 5.16 Å². The molecule has 0 aromatic carbocycles. The average molecular weight is 378 g/mol. The fraction of sp³-hybridized carbons (Fsp3) is 0.667. The van der Waals surface area contributed by atoms with Gasteiger partial charge in [0.15, 0.2) is 5.71 Å². The van der Waals surface area contributed by atoms with E-state index < -0.39 is 17.7 Å². The van der Waals surface area contributed by atoms with Crippen molar-refractivity contribution in [1.82, 2.24) is 14.9 Å². The van der Waals surface area contributed by atoms with Crippen LogP contribution in [0.15, 0.2) is 17.7 Å². The molecular formula is C18H26N4O5. The van der Waals surface area contributed by atoms with E-state index in [2.05, 4.69) is 15.5 Å². The SMILES string of the molecule is Cn1cncc1[C@@H]1C[C@H](NC(=O)[C@H]2CC(C(=O)OC(C)(C)C)=NO2)CCO1. The molecule has 0 aliphatic carbocycles. The first-order valence-corrected chi connectivity index (χ1v) is 9.07. The molecule has 1 saturated heterocycles. The van der Waals surface area contributed by atoms with Crippen LogP contribution < -0.4 is 5.32 Å². The maximum absolute atomic E-state index is 12.5. The van der Waals surface area contributed by atoms with Crippen molar-refractivity contribution in [3.63, 3.8) is 0 Å². The van der Waals surface area contributed by atoms with Crippen molar-refractivity contribution >= 4 is 17.6 Å². The van der Waals surface area contributed by atoms with Crippen LogP contribution in [0.4, 0.5) is 0 Å². The fourth-order valence-electron chi connectivity index (χ4n) is 3.08. The topological polar surface area (TPSA) is 104 Å². The Morgan fingerprint density at radius 3 is 2.81 bits per heavy atom. The lowest BCUT2D eigenvalue weighted by Gasteiger charge is -2.30. The van der Waals surface area contributed by atoms with E-state index >= 15 is 0 Å². The van der Waals surface area contributed by atoms with Crippen LogP contribution in [0.5, 0.6) is 0 Å². The molecule has 0 unspecified atom stereocenters. The summed E-state index contributed by atoms with van der Waals surface area (Å²) in [4.78, 5) is 33.8. The monoisotopic (exact) mass is 378 g/mol. The Balaban J connectivity index is 1.51. The summed E-state index contributed by atoms with van der Waals surface area (Å²) in [7, 11) is 1.91. The van der Waals surface area contributed by atoms with Crippen molar-refractivity contribution in [2.45, 2.75) is 63.9 Å². The van der Waals surface area contributed by atoms with Crippen LogP contribution in [-0.4, -0.2) is 51.5 Å². The highest BCUT2D eigenvalue weighted by Crippen LogP contribution is 2.28. The number of ether oxygens (including phenoxy) is 2. The molecule has 1 aromatic rings. The Morgan fingerprint density at radius 2 is 2.15 bits per heavy atom. The summed E-state index contributed by atoms with van der Waals surface area (Å²) in [6.45, 7) is 5.87. The van der Waals surface area contributed by atoms with E-state index in [9.17, 15) is 9.59 Å². The van der Waals surface area contributed by atoms with Gasteiger partial charge in [-0.2, -0.15) is 0 Å². The number of hydrogen-bond acceptors (Lipinski definition) is 7. The molecule has 1 aromatic heterocycles. The highest BCUT2D eigenvalue weighted by molar-refractivity contribution is 6.37. The van der Waals surface area contributed by atoms with Gasteiger partial charge in [-0.3, -0.25) is 4.79 Å². The Kier molecular flexibility index (Phi) is 5.50. The number of rotatable bonds is 4. The van der Waals surface area contributed by atoms with Gasteiger partial charge in [0.1, 0.15) is 11.7 Å². The molecule has 27 heavy (non-hydrogen) atoms. The zero-order valence-electron chi connectivity index (χ0n) is 16.1. The predicted octanol–water partition coefficient (Wildman–Crippen LogP) is 1.24. The minimum atomic E-state index is -0.814. The smallest absolute Gasteiger partial charge is 0.356 e. The molecule has 0 saturated carbocycles.